The van der Waals surface area contributed by atoms with E-state index in [4.69, 9.17) is 0 Å². The van der Waals surface area contributed by atoms with Gasteiger partial charge in [-0.25, -0.2) is 0 Å². The fourth-order valence-electron chi connectivity index (χ4n) is 3.51. The SMILES string of the molecule is Cc1cc(C)c(C(=O)C(=O)C(=O)C(=O)c2c(C)cc(C)cc2C)c(C)c1. The Morgan fingerprint density at radius 3 is 0.962 bits per heavy atom. The second-order valence-corrected chi connectivity index (χ2v) is 6.86. The van der Waals surface area contributed by atoms with Crippen LogP contribution < -0.4 is 0 Å². The van der Waals surface area contributed by atoms with E-state index in [2.05, 4.69) is 0 Å². The minimum atomic E-state index is -1.29. The highest BCUT2D eigenvalue weighted by molar-refractivity contribution is 6.81. The lowest BCUT2D eigenvalue weighted by Gasteiger charge is -2.11. The van der Waals surface area contributed by atoms with Gasteiger partial charge in [-0.1, -0.05) is 35.4 Å². The largest absolute Gasteiger partial charge is 0.285 e. The van der Waals surface area contributed by atoms with Crippen molar-refractivity contribution in [2.75, 3.05) is 0 Å². The van der Waals surface area contributed by atoms with Crippen LogP contribution >= 0.6 is 0 Å². The van der Waals surface area contributed by atoms with E-state index in [1.807, 2.05) is 13.8 Å². The molecule has 0 aliphatic rings. The van der Waals surface area contributed by atoms with E-state index in [0.29, 0.717) is 22.3 Å². The Bertz CT molecular complexity index is 839. The maximum atomic E-state index is 12.6. The van der Waals surface area contributed by atoms with Gasteiger partial charge in [0.1, 0.15) is 0 Å². The van der Waals surface area contributed by atoms with Gasteiger partial charge >= 0.3 is 0 Å². The number of carbonyl (C=O) groups is 4. The van der Waals surface area contributed by atoms with Gasteiger partial charge in [0.25, 0.3) is 11.6 Å². The van der Waals surface area contributed by atoms with Crippen molar-refractivity contribution < 1.29 is 19.2 Å². The molecule has 0 radical (unpaired) electrons. The summed E-state index contributed by atoms with van der Waals surface area (Å²) in [4.78, 5) is 50.0. The normalized spacial score (nSPS) is 10.5. The molecular weight excluding hydrogens is 328 g/mol. The molecule has 2 rings (SSSR count). The van der Waals surface area contributed by atoms with Gasteiger partial charge in [0.15, 0.2) is 0 Å². The highest BCUT2D eigenvalue weighted by atomic mass is 16.2. The van der Waals surface area contributed by atoms with Crippen molar-refractivity contribution in [2.24, 2.45) is 0 Å². The number of benzene rings is 2. The number of rotatable bonds is 5. The van der Waals surface area contributed by atoms with Crippen LogP contribution in [0.2, 0.25) is 0 Å². The van der Waals surface area contributed by atoms with Crippen LogP contribution in [0.5, 0.6) is 0 Å². The zero-order chi connectivity index (χ0) is 19.8. The maximum absolute atomic E-state index is 12.6. The topological polar surface area (TPSA) is 68.3 Å². The quantitative estimate of drug-likeness (QED) is 0.468. The van der Waals surface area contributed by atoms with Gasteiger partial charge in [0.2, 0.25) is 11.6 Å². The maximum Gasteiger partial charge on any atom is 0.277 e. The average molecular weight is 350 g/mol. The Hall–Kier alpha value is -2.88. The van der Waals surface area contributed by atoms with Gasteiger partial charge in [-0.2, -0.15) is 0 Å². The summed E-state index contributed by atoms with van der Waals surface area (Å²) in [6, 6.07) is 7.09. The summed E-state index contributed by atoms with van der Waals surface area (Å²) in [7, 11) is 0. The zero-order valence-corrected chi connectivity index (χ0v) is 15.9. The molecule has 2 aromatic rings. The van der Waals surface area contributed by atoms with Crippen LogP contribution in [0.25, 0.3) is 0 Å². The van der Waals surface area contributed by atoms with Crippen LogP contribution in [-0.2, 0) is 9.59 Å². The van der Waals surface area contributed by atoms with Gasteiger partial charge in [-0.3, -0.25) is 19.2 Å². The third-order valence-corrected chi connectivity index (χ3v) is 4.43. The smallest absolute Gasteiger partial charge is 0.277 e. The summed E-state index contributed by atoms with van der Waals surface area (Å²) < 4.78 is 0. The summed E-state index contributed by atoms with van der Waals surface area (Å²) in [6.07, 6.45) is 0. The molecule has 0 heterocycles. The predicted molar refractivity (Wildman–Crippen MR) is 100.0 cm³/mol. The Balaban J connectivity index is 2.40. The van der Waals surface area contributed by atoms with Crippen LogP contribution in [0.15, 0.2) is 24.3 Å². The third-order valence-electron chi connectivity index (χ3n) is 4.43. The molecule has 4 heteroatoms. The average Bonchev–Trinajstić information content (AvgIpc) is 2.51. The van der Waals surface area contributed by atoms with Crippen molar-refractivity contribution in [3.05, 3.63) is 68.8 Å². The standard InChI is InChI=1S/C22H22O4/c1-11-7-13(3)17(14(4)8-11)19(23)21(25)22(26)20(24)18-15(5)9-12(2)10-16(18)6/h7-10H,1-6H3. The molecule has 0 aromatic heterocycles. The van der Waals surface area contributed by atoms with Crippen molar-refractivity contribution in [2.45, 2.75) is 41.5 Å². The van der Waals surface area contributed by atoms with E-state index < -0.39 is 23.1 Å². The van der Waals surface area contributed by atoms with Gasteiger partial charge in [0, 0.05) is 11.1 Å². The van der Waals surface area contributed by atoms with Crippen LogP contribution in [-0.4, -0.2) is 23.1 Å². The summed E-state index contributed by atoms with van der Waals surface area (Å²) in [6.45, 7) is 10.6. The Morgan fingerprint density at radius 2 is 0.731 bits per heavy atom. The first-order valence-electron chi connectivity index (χ1n) is 8.38. The summed E-state index contributed by atoms with van der Waals surface area (Å²) in [5.41, 5.74) is 4.76. The lowest BCUT2D eigenvalue weighted by atomic mass is 9.90. The van der Waals surface area contributed by atoms with Crippen molar-refractivity contribution >= 4 is 23.1 Å². The van der Waals surface area contributed by atoms with E-state index in [1.165, 1.54) is 0 Å². The minimum absolute atomic E-state index is 0.194. The van der Waals surface area contributed by atoms with Gasteiger partial charge < -0.3 is 0 Å². The molecule has 0 N–H and O–H groups in total. The first-order chi connectivity index (χ1) is 12.0. The Kier molecular flexibility index (Phi) is 5.36. The van der Waals surface area contributed by atoms with Crippen molar-refractivity contribution in [3.8, 4) is 0 Å². The van der Waals surface area contributed by atoms with E-state index in [1.54, 1.807) is 52.0 Å². The van der Waals surface area contributed by atoms with Crippen LogP contribution in [0.1, 0.15) is 54.1 Å². The van der Waals surface area contributed by atoms with Crippen molar-refractivity contribution in [3.63, 3.8) is 0 Å². The van der Waals surface area contributed by atoms with E-state index in [9.17, 15) is 19.2 Å². The third kappa shape index (κ3) is 3.54. The molecule has 0 aliphatic carbocycles. The molecule has 0 saturated heterocycles. The van der Waals surface area contributed by atoms with E-state index in [-0.39, 0.29) is 11.1 Å². The molecule has 4 nitrogen and oxygen atoms in total. The molecule has 0 unspecified atom stereocenters. The van der Waals surface area contributed by atoms with Crippen molar-refractivity contribution in [1.29, 1.82) is 0 Å². The minimum Gasteiger partial charge on any atom is -0.285 e. The monoisotopic (exact) mass is 350 g/mol. The molecule has 0 amide bonds. The van der Waals surface area contributed by atoms with Crippen molar-refractivity contribution in [1.82, 2.24) is 0 Å². The summed E-state index contributed by atoms with van der Waals surface area (Å²) >= 11 is 0. The number of aryl methyl sites for hydroxylation is 6. The second kappa shape index (κ2) is 7.16. The number of hydrogen-bond acceptors (Lipinski definition) is 4. The van der Waals surface area contributed by atoms with Crippen LogP contribution in [0, 0.1) is 41.5 Å². The molecule has 0 fully saturated rings. The Labute approximate surface area is 153 Å². The first-order valence-corrected chi connectivity index (χ1v) is 8.38. The molecular formula is C22H22O4. The van der Waals surface area contributed by atoms with Gasteiger partial charge in [0.05, 0.1) is 0 Å². The molecule has 0 atom stereocenters. The number of ketones is 4. The first kappa shape index (κ1) is 19.4. The molecule has 26 heavy (non-hydrogen) atoms. The highest BCUT2D eigenvalue weighted by Crippen LogP contribution is 2.20. The molecule has 0 saturated carbocycles. The van der Waals surface area contributed by atoms with E-state index >= 15 is 0 Å². The number of hydrogen-bond donors (Lipinski definition) is 0. The van der Waals surface area contributed by atoms with Gasteiger partial charge in [-0.15, -0.1) is 0 Å². The lowest BCUT2D eigenvalue weighted by molar-refractivity contribution is -0.131. The molecule has 0 spiro atoms. The number of Topliss-reactive ketones (excluding diaryl/α,β-unsaturated/α-hetero) is 4. The summed E-state index contributed by atoms with van der Waals surface area (Å²) in [5, 5.41) is 0. The Morgan fingerprint density at radius 1 is 0.500 bits per heavy atom. The highest BCUT2D eigenvalue weighted by Gasteiger charge is 2.33. The van der Waals surface area contributed by atoms with Crippen LogP contribution in [0.3, 0.4) is 0 Å². The van der Waals surface area contributed by atoms with Crippen LogP contribution in [0.4, 0.5) is 0 Å². The summed E-state index contributed by atoms with van der Waals surface area (Å²) in [5.74, 6) is -4.43. The molecule has 0 aliphatic heterocycles. The molecule has 0 bridgehead atoms. The van der Waals surface area contributed by atoms with Gasteiger partial charge in [-0.05, 0) is 63.8 Å². The molecule has 134 valence electrons. The van der Waals surface area contributed by atoms with E-state index in [0.717, 1.165) is 11.1 Å². The lowest BCUT2D eigenvalue weighted by Crippen LogP contribution is -2.32. The predicted octanol–water partition coefficient (Wildman–Crippen LogP) is 3.74. The zero-order valence-electron chi connectivity index (χ0n) is 15.9. The fraction of sp³-hybridized carbons (Fsp3) is 0.273. The number of carbonyl (C=O) groups excluding carboxylic acids is 4. The molecule has 2 aromatic carbocycles. The fourth-order valence-corrected chi connectivity index (χ4v) is 3.51. The second-order valence-electron chi connectivity index (χ2n) is 6.86.